The fraction of sp³-hybridized carbons (Fsp3) is 0.478. The Hall–Kier alpha value is -2.61. The summed E-state index contributed by atoms with van der Waals surface area (Å²) in [5.41, 5.74) is 1.07. The van der Waals surface area contributed by atoms with Crippen molar-refractivity contribution in [2.24, 2.45) is 0 Å². The monoisotopic (exact) mass is 445 g/mol. The van der Waals surface area contributed by atoms with E-state index in [2.05, 4.69) is 5.32 Å². The molecule has 31 heavy (non-hydrogen) atoms. The molecule has 6 nitrogen and oxygen atoms in total. The van der Waals surface area contributed by atoms with Gasteiger partial charge in [-0.05, 0) is 62.3 Å². The molecule has 166 valence electrons. The minimum atomic E-state index is -0.360. The third-order valence-corrected chi connectivity index (χ3v) is 6.58. The van der Waals surface area contributed by atoms with Gasteiger partial charge in [0.25, 0.3) is 0 Å². The lowest BCUT2D eigenvalue weighted by molar-refractivity contribution is -0.135. The molecule has 0 saturated heterocycles. The molecule has 2 aliphatic rings. The molecule has 3 amide bonds. The Morgan fingerprint density at radius 1 is 1.32 bits per heavy atom. The number of hydrogen-bond donors (Lipinski definition) is 1. The van der Waals surface area contributed by atoms with Gasteiger partial charge in [0.05, 0.1) is 6.04 Å². The van der Waals surface area contributed by atoms with Gasteiger partial charge >= 0.3 is 6.03 Å². The van der Waals surface area contributed by atoms with E-state index in [1.807, 2.05) is 30.2 Å². The molecule has 0 unspecified atom stereocenters. The first-order valence-corrected chi connectivity index (χ1v) is 11.6. The van der Waals surface area contributed by atoms with Gasteiger partial charge in [0.2, 0.25) is 5.91 Å². The summed E-state index contributed by atoms with van der Waals surface area (Å²) in [6.07, 6.45) is 2.65. The lowest BCUT2D eigenvalue weighted by atomic mass is 10.0. The topological polar surface area (TPSA) is 61.9 Å². The molecule has 2 aromatic rings. The number of hydrogen-bond acceptors (Lipinski definition) is 4. The predicted octanol–water partition coefficient (Wildman–Crippen LogP) is 3.97. The van der Waals surface area contributed by atoms with Crippen molar-refractivity contribution in [1.29, 1.82) is 0 Å². The molecule has 1 N–H and O–H groups in total. The number of amides is 3. The van der Waals surface area contributed by atoms with Crippen LogP contribution in [0.2, 0.25) is 0 Å². The van der Waals surface area contributed by atoms with Crippen LogP contribution in [-0.2, 0) is 11.2 Å². The second-order valence-corrected chi connectivity index (χ2v) is 9.38. The van der Waals surface area contributed by atoms with E-state index in [1.54, 1.807) is 28.4 Å². The fourth-order valence-corrected chi connectivity index (χ4v) is 4.85. The van der Waals surface area contributed by atoms with E-state index in [0.29, 0.717) is 12.3 Å². The maximum Gasteiger partial charge on any atom is 0.318 e. The molecule has 1 aliphatic carbocycles. The summed E-state index contributed by atoms with van der Waals surface area (Å²) in [5.74, 6) is -0.0114. The minimum absolute atomic E-state index is 0.0135. The average molecular weight is 446 g/mol. The van der Waals surface area contributed by atoms with Crippen LogP contribution < -0.4 is 10.1 Å². The molecule has 1 saturated carbocycles. The number of carbonyl (C=O) groups excluding carboxylic acids is 2. The number of ether oxygens (including phenoxy) is 1. The smallest absolute Gasteiger partial charge is 0.318 e. The molecule has 1 aliphatic heterocycles. The molecule has 1 atom stereocenters. The van der Waals surface area contributed by atoms with Gasteiger partial charge in [0.1, 0.15) is 24.7 Å². The molecule has 0 radical (unpaired) electrons. The van der Waals surface area contributed by atoms with E-state index in [4.69, 9.17) is 4.74 Å². The van der Waals surface area contributed by atoms with Crippen LogP contribution in [0.4, 0.5) is 9.18 Å². The fourth-order valence-electron chi connectivity index (χ4n) is 3.93. The molecule has 1 fully saturated rings. The summed E-state index contributed by atoms with van der Waals surface area (Å²) in [6, 6.07) is 7.74. The van der Waals surface area contributed by atoms with Crippen LogP contribution in [0, 0.1) is 5.82 Å². The van der Waals surface area contributed by atoms with E-state index >= 15 is 0 Å². The Labute approximate surface area is 186 Å². The van der Waals surface area contributed by atoms with Crippen LogP contribution in [0.3, 0.4) is 0 Å². The number of fused-ring (bicyclic) bond motifs is 1. The van der Waals surface area contributed by atoms with Crippen molar-refractivity contribution >= 4 is 23.3 Å². The van der Waals surface area contributed by atoms with E-state index in [-0.39, 0.29) is 49.0 Å². The van der Waals surface area contributed by atoms with Crippen LogP contribution in [-0.4, -0.2) is 53.5 Å². The number of nitrogens with zero attached hydrogens (tertiary/aromatic N) is 2. The second kappa shape index (κ2) is 9.26. The molecule has 1 aromatic heterocycles. The highest BCUT2D eigenvalue weighted by Crippen LogP contribution is 2.34. The van der Waals surface area contributed by atoms with Crippen molar-refractivity contribution in [3.05, 3.63) is 52.0 Å². The zero-order valence-electron chi connectivity index (χ0n) is 17.8. The van der Waals surface area contributed by atoms with Crippen LogP contribution in [0.15, 0.2) is 35.7 Å². The van der Waals surface area contributed by atoms with Crippen LogP contribution in [0.25, 0.3) is 0 Å². The summed E-state index contributed by atoms with van der Waals surface area (Å²) in [5, 5.41) is 4.93. The van der Waals surface area contributed by atoms with Crippen molar-refractivity contribution in [1.82, 2.24) is 15.1 Å². The summed E-state index contributed by atoms with van der Waals surface area (Å²) >= 11 is 1.68. The molecule has 1 aromatic carbocycles. The van der Waals surface area contributed by atoms with Gasteiger partial charge in [-0.25, -0.2) is 9.18 Å². The average Bonchev–Trinajstić information content (AvgIpc) is 3.45. The molecule has 0 spiro atoms. The van der Waals surface area contributed by atoms with Crippen molar-refractivity contribution in [2.75, 3.05) is 19.7 Å². The lowest BCUT2D eigenvalue weighted by Crippen LogP contribution is -2.51. The van der Waals surface area contributed by atoms with E-state index in [1.165, 1.54) is 17.0 Å². The zero-order chi connectivity index (χ0) is 22.0. The molecule has 8 heteroatoms. The summed E-state index contributed by atoms with van der Waals surface area (Å²) in [4.78, 5) is 30.7. The Morgan fingerprint density at radius 3 is 2.84 bits per heavy atom. The highest BCUT2D eigenvalue weighted by Gasteiger charge is 2.38. The first kappa shape index (κ1) is 21.6. The standard InChI is InChI=1S/C23H28FN3O3S/c1-15(2)25-23(29)27(17-6-7-17)13-22(28)26-10-8-21-19(9-11-31-21)20(26)14-30-18-5-3-4-16(24)12-18/h3-5,9,11-12,15,17,20H,6-8,10,13-14H2,1-2H3,(H,25,29)/t20-/m0/s1. The van der Waals surface area contributed by atoms with Crippen LogP contribution in [0.5, 0.6) is 5.75 Å². The van der Waals surface area contributed by atoms with Crippen LogP contribution >= 0.6 is 11.3 Å². The van der Waals surface area contributed by atoms with Gasteiger partial charge in [0, 0.05) is 29.6 Å². The maximum atomic E-state index is 13.5. The largest absolute Gasteiger partial charge is 0.491 e. The van der Waals surface area contributed by atoms with Gasteiger partial charge in [0.15, 0.2) is 0 Å². The summed E-state index contributed by atoms with van der Waals surface area (Å²) in [7, 11) is 0. The zero-order valence-corrected chi connectivity index (χ0v) is 18.7. The SMILES string of the molecule is CC(C)NC(=O)N(CC(=O)N1CCc2sccc2[C@@H]1COc1cccc(F)c1)C1CC1. The van der Waals surface area contributed by atoms with Gasteiger partial charge < -0.3 is 19.9 Å². The molecule has 4 rings (SSSR count). The number of urea groups is 1. The quantitative estimate of drug-likeness (QED) is 0.701. The second-order valence-electron chi connectivity index (χ2n) is 8.38. The van der Waals surface area contributed by atoms with Crippen molar-refractivity contribution < 1.29 is 18.7 Å². The third kappa shape index (κ3) is 5.18. The normalized spacial score (nSPS) is 17.9. The van der Waals surface area contributed by atoms with Crippen molar-refractivity contribution in [2.45, 2.75) is 51.2 Å². The van der Waals surface area contributed by atoms with Gasteiger partial charge in [-0.2, -0.15) is 0 Å². The first-order chi connectivity index (χ1) is 14.9. The van der Waals surface area contributed by atoms with Gasteiger partial charge in [-0.15, -0.1) is 11.3 Å². The molecular weight excluding hydrogens is 417 g/mol. The highest BCUT2D eigenvalue weighted by atomic mass is 32.1. The van der Waals surface area contributed by atoms with Crippen LogP contribution in [0.1, 0.15) is 43.2 Å². The number of thiophene rings is 1. The number of benzene rings is 1. The van der Waals surface area contributed by atoms with E-state index in [0.717, 1.165) is 24.8 Å². The number of carbonyl (C=O) groups is 2. The molecular formula is C23H28FN3O3S. The Morgan fingerprint density at radius 2 is 2.13 bits per heavy atom. The summed E-state index contributed by atoms with van der Waals surface area (Å²) in [6.45, 7) is 4.69. The minimum Gasteiger partial charge on any atom is -0.491 e. The van der Waals surface area contributed by atoms with Gasteiger partial charge in [-0.3, -0.25) is 4.79 Å². The first-order valence-electron chi connectivity index (χ1n) is 10.7. The Bertz CT molecular complexity index is 944. The maximum absolute atomic E-state index is 13.5. The third-order valence-electron chi connectivity index (χ3n) is 5.59. The number of halogens is 1. The Balaban J connectivity index is 1.49. The lowest BCUT2D eigenvalue weighted by Gasteiger charge is -2.37. The predicted molar refractivity (Wildman–Crippen MR) is 118 cm³/mol. The van der Waals surface area contributed by atoms with Crippen molar-refractivity contribution in [3.8, 4) is 5.75 Å². The van der Waals surface area contributed by atoms with E-state index in [9.17, 15) is 14.0 Å². The number of rotatable bonds is 7. The Kier molecular flexibility index (Phi) is 6.46. The van der Waals surface area contributed by atoms with Gasteiger partial charge in [-0.1, -0.05) is 6.07 Å². The van der Waals surface area contributed by atoms with Crippen molar-refractivity contribution in [3.63, 3.8) is 0 Å². The molecule has 2 heterocycles. The summed E-state index contributed by atoms with van der Waals surface area (Å²) < 4.78 is 19.4. The van der Waals surface area contributed by atoms with E-state index < -0.39 is 0 Å². The highest BCUT2D eigenvalue weighted by molar-refractivity contribution is 7.10. The molecule has 0 bridgehead atoms. The number of nitrogens with one attached hydrogen (secondary N) is 1.